The number of nitrogens with one attached hydrogen (secondary N) is 2. The molecule has 2 aromatic rings. The van der Waals surface area contributed by atoms with Crippen molar-refractivity contribution in [3.8, 4) is 0 Å². The van der Waals surface area contributed by atoms with Gasteiger partial charge < -0.3 is 9.88 Å². The van der Waals surface area contributed by atoms with Crippen LogP contribution < -0.4 is 5.43 Å². The first-order valence-electron chi connectivity index (χ1n) is 9.32. The molecular weight excluding hydrogens is 340 g/mol. The highest BCUT2D eigenvalue weighted by Crippen LogP contribution is 2.23. The van der Waals surface area contributed by atoms with Crippen molar-refractivity contribution < 1.29 is 4.79 Å². The summed E-state index contributed by atoms with van der Waals surface area (Å²) in [6.45, 7) is 11.7. The molecular formula is C20H26N6O. The number of aromatic nitrogens is 3. The first-order valence-corrected chi connectivity index (χ1v) is 9.32. The third-order valence-electron chi connectivity index (χ3n) is 5.12. The molecule has 0 atom stereocenters. The van der Waals surface area contributed by atoms with Crippen molar-refractivity contribution >= 4 is 17.7 Å². The predicted molar refractivity (Wildman–Crippen MR) is 106 cm³/mol. The van der Waals surface area contributed by atoms with E-state index in [1.165, 1.54) is 11.1 Å². The first-order chi connectivity index (χ1) is 13.0. The lowest BCUT2D eigenvalue weighted by Crippen LogP contribution is -2.25. The largest absolute Gasteiger partial charge is 0.359 e. The third-order valence-corrected chi connectivity index (χ3v) is 5.12. The highest BCUT2D eigenvalue weighted by molar-refractivity contribution is 6.33. The number of rotatable bonds is 7. The minimum atomic E-state index is -0.210. The van der Waals surface area contributed by atoms with E-state index in [-0.39, 0.29) is 5.91 Å². The van der Waals surface area contributed by atoms with Gasteiger partial charge in [-0.05, 0) is 56.6 Å². The zero-order chi connectivity index (χ0) is 19.4. The van der Waals surface area contributed by atoms with Crippen LogP contribution in [0.3, 0.4) is 0 Å². The van der Waals surface area contributed by atoms with Gasteiger partial charge in [-0.15, -0.1) is 0 Å². The van der Waals surface area contributed by atoms with Crippen molar-refractivity contribution in [3.63, 3.8) is 0 Å². The van der Waals surface area contributed by atoms with Gasteiger partial charge in [0, 0.05) is 23.5 Å². The van der Waals surface area contributed by atoms with Crippen LogP contribution in [0.15, 0.2) is 29.1 Å². The van der Waals surface area contributed by atoms with Crippen molar-refractivity contribution in [1.29, 1.82) is 0 Å². The molecule has 3 rings (SSSR count). The van der Waals surface area contributed by atoms with Crippen LogP contribution in [0.5, 0.6) is 0 Å². The fourth-order valence-electron chi connectivity index (χ4n) is 3.41. The zero-order valence-electron chi connectivity index (χ0n) is 16.3. The molecule has 0 aromatic carbocycles. The molecule has 0 fully saturated rings. The molecule has 3 heterocycles. The number of carbonyl (C=O) groups excluding carboxylic acids is 1. The summed E-state index contributed by atoms with van der Waals surface area (Å²) >= 11 is 0. The Kier molecular flexibility index (Phi) is 5.81. The van der Waals surface area contributed by atoms with Gasteiger partial charge in [0.05, 0.1) is 18.0 Å². The lowest BCUT2D eigenvalue weighted by atomic mass is 10.0. The summed E-state index contributed by atoms with van der Waals surface area (Å²) in [5, 5.41) is 11.8. The molecule has 1 aliphatic rings. The summed E-state index contributed by atoms with van der Waals surface area (Å²) in [4.78, 5) is 18.2. The van der Waals surface area contributed by atoms with E-state index in [1.54, 1.807) is 18.5 Å². The van der Waals surface area contributed by atoms with Crippen LogP contribution in [0, 0.1) is 13.8 Å². The molecule has 2 aromatic heterocycles. The highest BCUT2D eigenvalue weighted by atomic mass is 16.2. The molecule has 142 valence electrons. The molecule has 0 bridgehead atoms. The van der Waals surface area contributed by atoms with Gasteiger partial charge in [-0.2, -0.15) is 15.3 Å². The smallest absolute Gasteiger partial charge is 0.273 e. The molecule has 0 radical (unpaired) electrons. The molecule has 1 amide bonds. The normalized spacial score (nSPS) is 15.5. The number of aryl methyl sites for hydroxylation is 1. The van der Waals surface area contributed by atoms with Crippen molar-refractivity contribution in [3.05, 3.63) is 52.1 Å². The van der Waals surface area contributed by atoms with Crippen molar-refractivity contribution in [2.75, 3.05) is 19.6 Å². The number of hydrogen-bond donors (Lipinski definition) is 2. The summed E-state index contributed by atoms with van der Waals surface area (Å²) in [6.07, 6.45) is 6.06. The number of carbonyl (C=O) groups is 1. The second-order valence-corrected chi connectivity index (χ2v) is 6.63. The van der Waals surface area contributed by atoms with Gasteiger partial charge in [-0.3, -0.25) is 4.79 Å². The van der Waals surface area contributed by atoms with Crippen molar-refractivity contribution in [2.45, 2.75) is 34.1 Å². The van der Waals surface area contributed by atoms with Gasteiger partial charge in [-0.1, -0.05) is 13.8 Å². The summed E-state index contributed by atoms with van der Waals surface area (Å²) in [7, 11) is 0. The SMILES string of the molecule is CCN(CC)CCc1c(C)[nH]c(/C=C2/C(=O)NN=C2c2ccnnc2)c1C. The first kappa shape index (κ1) is 19.0. The molecule has 1 aliphatic heterocycles. The van der Waals surface area contributed by atoms with Crippen LogP contribution in [0.1, 0.15) is 41.9 Å². The molecule has 7 nitrogen and oxygen atoms in total. The average Bonchev–Trinajstić information content (AvgIpc) is 3.17. The van der Waals surface area contributed by atoms with Crippen LogP contribution in [-0.2, 0) is 11.2 Å². The van der Waals surface area contributed by atoms with Gasteiger partial charge in [0.1, 0.15) is 5.71 Å². The second kappa shape index (κ2) is 8.26. The maximum Gasteiger partial charge on any atom is 0.273 e. The van der Waals surface area contributed by atoms with Crippen LogP contribution >= 0.6 is 0 Å². The van der Waals surface area contributed by atoms with Gasteiger partial charge in [0.2, 0.25) is 0 Å². The maximum atomic E-state index is 12.3. The summed E-state index contributed by atoms with van der Waals surface area (Å²) in [6, 6.07) is 1.79. The Hall–Kier alpha value is -2.80. The van der Waals surface area contributed by atoms with Crippen LogP contribution in [0.2, 0.25) is 0 Å². The maximum absolute atomic E-state index is 12.3. The Morgan fingerprint density at radius 3 is 2.63 bits per heavy atom. The highest BCUT2D eigenvalue weighted by Gasteiger charge is 2.25. The van der Waals surface area contributed by atoms with Crippen molar-refractivity contribution in [1.82, 2.24) is 25.5 Å². The lowest BCUT2D eigenvalue weighted by molar-refractivity contribution is -0.116. The van der Waals surface area contributed by atoms with E-state index in [0.717, 1.165) is 43.0 Å². The second-order valence-electron chi connectivity index (χ2n) is 6.63. The van der Waals surface area contributed by atoms with E-state index in [2.05, 4.69) is 58.3 Å². The summed E-state index contributed by atoms with van der Waals surface area (Å²) in [5.74, 6) is -0.210. The Labute approximate surface area is 159 Å². The zero-order valence-corrected chi connectivity index (χ0v) is 16.3. The lowest BCUT2D eigenvalue weighted by Gasteiger charge is -2.17. The standard InChI is InChI=1S/C20H26N6O/c1-5-26(6-2)10-8-16-13(3)18(23-14(16)4)11-17-19(24-25-20(17)27)15-7-9-21-22-12-15/h7,9,11-12,23H,5-6,8,10H2,1-4H3,(H,25,27)/b17-11+. The topological polar surface area (TPSA) is 86.3 Å². The fourth-order valence-corrected chi connectivity index (χ4v) is 3.41. The number of hydrazone groups is 1. The van der Waals surface area contributed by atoms with E-state index in [9.17, 15) is 4.79 Å². The van der Waals surface area contributed by atoms with E-state index < -0.39 is 0 Å². The number of hydrogen-bond acceptors (Lipinski definition) is 5. The molecule has 2 N–H and O–H groups in total. The van der Waals surface area contributed by atoms with Gasteiger partial charge >= 0.3 is 0 Å². The third kappa shape index (κ3) is 3.98. The monoisotopic (exact) mass is 366 g/mol. The number of likely N-dealkylation sites (N-methyl/N-ethyl adjacent to an activating group) is 1. The van der Waals surface area contributed by atoms with Crippen LogP contribution in [0.25, 0.3) is 6.08 Å². The Morgan fingerprint density at radius 2 is 1.96 bits per heavy atom. The van der Waals surface area contributed by atoms with E-state index in [4.69, 9.17) is 0 Å². The van der Waals surface area contributed by atoms with E-state index in [1.807, 2.05) is 6.08 Å². The predicted octanol–water partition coefficient (Wildman–Crippen LogP) is 2.22. The number of nitrogens with zero attached hydrogens (tertiary/aromatic N) is 4. The Morgan fingerprint density at radius 1 is 1.19 bits per heavy atom. The average molecular weight is 366 g/mol. The van der Waals surface area contributed by atoms with E-state index >= 15 is 0 Å². The summed E-state index contributed by atoms with van der Waals surface area (Å²) < 4.78 is 0. The molecule has 7 heteroatoms. The molecule has 27 heavy (non-hydrogen) atoms. The summed E-state index contributed by atoms with van der Waals surface area (Å²) in [5.41, 5.74) is 9.02. The number of amides is 1. The molecule has 0 saturated heterocycles. The molecule has 0 spiro atoms. The van der Waals surface area contributed by atoms with Gasteiger partial charge in [0.15, 0.2) is 0 Å². The van der Waals surface area contributed by atoms with Gasteiger partial charge in [-0.25, -0.2) is 5.43 Å². The van der Waals surface area contributed by atoms with Crippen LogP contribution in [-0.4, -0.2) is 51.3 Å². The van der Waals surface area contributed by atoms with Crippen LogP contribution in [0.4, 0.5) is 0 Å². The molecule has 0 saturated carbocycles. The minimum Gasteiger partial charge on any atom is -0.359 e. The number of aromatic amines is 1. The quantitative estimate of drug-likeness (QED) is 0.736. The number of H-pyrrole nitrogens is 1. The van der Waals surface area contributed by atoms with E-state index in [0.29, 0.717) is 11.3 Å². The fraction of sp³-hybridized carbons (Fsp3) is 0.400. The molecule has 0 unspecified atom stereocenters. The Bertz CT molecular complexity index is 877. The van der Waals surface area contributed by atoms with Gasteiger partial charge in [0.25, 0.3) is 5.91 Å². The minimum absolute atomic E-state index is 0.210. The molecule has 0 aliphatic carbocycles. The Balaban J connectivity index is 1.89. The van der Waals surface area contributed by atoms with Crippen molar-refractivity contribution in [2.24, 2.45) is 5.10 Å².